The first-order valence-electron chi connectivity index (χ1n) is 17.5. The van der Waals surface area contributed by atoms with Crippen LogP contribution in [0.4, 0.5) is 5.13 Å². The van der Waals surface area contributed by atoms with Crippen LogP contribution in [0.2, 0.25) is 0 Å². The second-order valence-electron chi connectivity index (χ2n) is 13.2. The Hall–Kier alpha value is -5.95. The molecule has 282 valence electrons. The zero-order valence-corrected chi connectivity index (χ0v) is 31.5. The average molecular weight is 780 g/mol. The zero-order valence-electron chi connectivity index (χ0n) is 29.9. The molecule has 2 aliphatic rings. The summed E-state index contributed by atoms with van der Waals surface area (Å²) in [6.45, 7) is 4.01. The number of thiazole rings is 1. The number of carboxylic acid groups (broad SMARTS) is 1. The Morgan fingerprint density at radius 3 is 2.35 bits per heavy atom. The van der Waals surface area contributed by atoms with E-state index in [1.165, 1.54) is 6.92 Å². The van der Waals surface area contributed by atoms with E-state index < -0.39 is 40.1 Å². The van der Waals surface area contributed by atoms with Crippen LogP contribution in [0.25, 0.3) is 11.1 Å². The van der Waals surface area contributed by atoms with Crippen LogP contribution in [0, 0.1) is 18.3 Å². The highest BCUT2D eigenvalue weighted by molar-refractivity contribution is 7.91. The minimum Gasteiger partial charge on any atom is -0.494 e. The molecule has 55 heavy (non-hydrogen) atoms. The Kier molecular flexibility index (Phi) is 10.5. The summed E-state index contributed by atoms with van der Waals surface area (Å²) < 4.78 is 47.6. The third kappa shape index (κ3) is 7.83. The molecule has 3 atom stereocenters. The lowest BCUT2D eigenvalue weighted by Crippen LogP contribution is -2.55. The zero-order chi connectivity index (χ0) is 38.9. The molecule has 7 rings (SSSR count). The van der Waals surface area contributed by atoms with Gasteiger partial charge in [-0.15, -0.1) is 0 Å². The third-order valence-electron chi connectivity index (χ3n) is 9.55. The number of benzene rings is 4. The fraction of sp³-hybridized carbons (Fsp3) is 0.250. The van der Waals surface area contributed by atoms with Gasteiger partial charge in [0.2, 0.25) is 5.91 Å². The van der Waals surface area contributed by atoms with Crippen LogP contribution in [0.5, 0.6) is 17.2 Å². The minimum atomic E-state index is -4.34. The van der Waals surface area contributed by atoms with Crippen LogP contribution in [-0.2, 0) is 39.0 Å². The number of aliphatic carboxylic acids is 1. The van der Waals surface area contributed by atoms with Crippen LogP contribution in [0.1, 0.15) is 46.5 Å². The fourth-order valence-corrected chi connectivity index (χ4v) is 9.71. The van der Waals surface area contributed by atoms with Crippen molar-refractivity contribution in [1.82, 2.24) is 14.6 Å². The topological polar surface area (TPSA) is 194 Å². The van der Waals surface area contributed by atoms with E-state index in [1.54, 1.807) is 36.4 Å². The van der Waals surface area contributed by atoms with Crippen molar-refractivity contribution >= 4 is 38.4 Å². The first kappa shape index (κ1) is 37.4. The lowest BCUT2D eigenvalue weighted by molar-refractivity contribution is -0.142. The van der Waals surface area contributed by atoms with Crippen LogP contribution in [0.15, 0.2) is 89.1 Å². The normalized spacial score (nSPS) is 17.0. The third-order valence-corrected chi connectivity index (χ3v) is 13.0. The Balaban J connectivity index is 1.14. The average Bonchev–Trinajstić information content (AvgIpc) is 3.54. The SMILES string of the molecule is CCOc1ccc([C@H]2COc3cc4c(cc3O2)CN(S(=O)(=O)c2sc(N)nc2C)[C@H](C(=O)NC(Cc2ccc(-c3ccc(C#N)cc3)cc2)C(=O)O)C4)cc1. The lowest BCUT2D eigenvalue weighted by atomic mass is 9.94. The van der Waals surface area contributed by atoms with Gasteiger partial charge in [-0.1, -0.05) is 59.9 Å². The maximum Gasteiger partial charge on any atom is 0.326 e. The molecular weight excluding hydrogens is 743 g/mol. The summed E-state index contributed by atoms with van der Waals surface area (Å²) >= 11 is 0.800. The van der Waals surface area contributed by atoms with Gasteiger partial charge in [0.25, 0.3) is 10.0 Å². The molecule has 0 radical (unpaired) electrons. The maximum atomic E-state index is 14.3. The molecule has 2 aliphatic heterocycles. The van der Waals surface area contributed by atoms with E-state index in [-0.39, 0.29) is 41.0 Å². The highest BCUT2D eigenvalue weighted by Gasteiger charge is 2.43. The number of sulfonamides is 1. The number of amides is 1. The number of ether oxygens (including phenoxy) is 3. The predicted molar refractivity (Wildman–Crippen MR) is 204 cm³/mol. The van der Waals surface area contributed by atoms with Gasteiger partial charge in [-0.3, -0.25) is 4.79 Å². The first-order chi connectivity index (χ1) is 26.4. The second kappa shape index (κ2) is 15.4. The molecule has 0 bridgehead atoms. The van der Waals surface area contributed by atoms with Gasteiger partial charge in [0.05, 0.1) is 23.9 Å². The van der Waals surface area contributed by atoms with E-state index >= 15 is 0 Å². The molecule has 0 aliphatic carbocycles. The molecule has 5 aromatic rings. The first-order valence-corrected chi connectivity index (χ1v) is 19.7. The van der Waals surface area contributed by atoms with E-state index in [0.29, 0.717) is 40.4 Å². The van der Waals surface area contributed by atoms with Crippen molar-refractivity contribution in [2.45, 2.75) is 55.6 Å². The number of hydrogen-bond donors (Lipinski definition) is 3. The van der Waals surface area contributed by atoms with Crippen molar-refractivity contribution in [3.05, 3.63) is 118 Å². The van der Waals surface area contributed by atoms with Crippen molar-refractivity contribution in [1.29, 1.82) is 5.26 Å². The smallest absolute Gasteiger partial charge is 0.326 e. The molecule has 4 N–H and O–H groups in total. The number of fused-ring (bicyclic) bond motifs is 2. The van der Waals surface area contributed by atoms with E-state index in [1.807, 2.05) is 55.5 Å². The molecule has 0 spiro atoms. The standard InChI is InChI=1S/C40H37N5O8S2/c1-3-51-31-14-12-28(13-15-31)36-22-52-34-18-29-17-33(45(21-30(29)19-35(34)53-36)55(49,50)39-23(2)43-40(42)54-39)37(46)44-32(38(47)48)16-24-4-8-26(9-5-24)27-10-6-25(20-41)7-11-27/h4-15,18-19,32-33,36H,3,16-17,21-22H2,1-2H3,(H2,42,43)(H,44,46)(H,47,48)/t32?,33-,36+/m0/s1. The monoisotopic (exact) mass is 779 g/mol. The summed E-state index contributed by atoms with van der Waals surface area (Å²) in [4.78, 5) is 30.8. The highest BCUT2D eigenvalue weighted by atomic mass is 32.2. The molecule has 3 heterocycles. The summed E-state index contributed by atoms with van der Waals surface area (Å²) in [6, 6.07) is 24.7. The Morgan fingerprint density at radius 2 is 1.73 bits per heavy atom. The Bertz CT molecular complexity index is 2390. The van der Waals surface area contributed by atoms with Gasteiger partial charge >= 0.3 is 5.97 Å². The molecule has 4 aromatic carbocycles. The van der Waals surface area contributed by atoms with E-state index in [2.05, 4.69) is 16.4 Å². The molecule has 1 amide bonds. The number of aromatic nitrogens is 1. The van der Waals surface area contributed by atoms with Gasteiger partial charge in [0.1, 0.15) is 24.4 Å². The quantitative estimate of drug-likeness (QED) is 0.155. The lowest BCUT2D eigenvalue weighted by Gasteiger charge is -2.36. The van der Waals surface area contributed by atoms with Gasteiger partial charge in [-0.05, 0) is 90.0 Å². The fourth-order valence-electron chi connectivity index (χ4n) is 6.74. The van der Waals surface area contributed by atoms with E-state index in [4.69, 9.17) is 25.2 Å². The number of nitrogen functional groups attached to an aromatic ring is 1. The summed E-state index contributed by atoms with van der Waals surface area (Å²) in [5, 5.41) is 22.0. The van der Waals surface area contributed by atoms with E-state index in [9.17, 15) is 23.1 Å². The number of nitrogens with zero attached hydrogens (tertiary/aromatic N) is 3. The number of carbonyl (C=O) groups is 2. The van der Waals surface area contributed by atoms with Crippen LogP contribution in [0.3, 0.4) is 0 Å². The molecular formula is C40H37N5O8S2. The number of rotatable bonds is 11. The van der Waals surface area contributed by atoms with Gasteiger partial charge in [0, 0.05) is 13.0 Å². The van der Waals surface area contributed by atoms with Crippen molar-refractivity contribution in [3.63, 3.8) is 0 Å². The Labute approximate surface area is 322 Å². The van der Waals surface area contributed by atoms with E-state index in [0.717, 1.165) is 38.1 Å². The second-order valence-corrected chi connectivity index (χ2v) is 16.3. The predicted octanol–water partition coefficient (Wildman–Crippen LogP) is 5.41. The van der Waals surface area contributed by atoms with Gasteiger partial charge in [0.15, 0.2) is 26.9 Å². The molecule has 1 aromatic heterocycles. The summed E-state index contributed by atoms with van der Waals surface area (Å²) in [7, 11) is -4.34. The molecule has 0 saturated carbocycles. The largest absolute Gasteiger partial charge is 0.494 e. The number of carboxylic acids is 1. The molecule has 0 saturated heterocycles. The molecule has 15 heteroatoms. The maximum absolute atomic E-state index is 14.3. The van der Waals surface area contributed by atoms with Crippen LogP contribution >= 0.6 is 11.3 Å². The van der Waals surface area contributed by atoms with Crippen molar-refractivity contribution in [2.24, 2.45) is 0 Å². The number of nitrogens with one attached hydrogen (secondary N) is 1. The van der Waals surface area contributed by atoms with Crippen LogP contribution in [-0.4, -0.2) is 60.0 Å². The number of nitriles is 1. The molecule has 0 fully saturated rings. The van der Waals surface area contributed by atoms with Crippen molar-refractivity contribution in [3.8, 4) is 34.4 Å². The summed E-state index contributed by atoms with van der Waals surface area (Å²) in [6.07, 6.45) is -0.534. The van der Waals surface area contributed by atoms with Gasteiger partial charge < -0.3 is 30.4 Å². The van der Waals surface area contributed by atoms with Crippen molar-refractivity contribution in [2.75, 3.05) is 18.9 Å². The molecule has 1 unspecified atom stereocenters. The van der Waals surface area contributed by atoms with Gasteiger partial charge in [-0.2, -0.15) is 9.57 Å². The number of anilines is 1. The summed E-state index contributed by atoms with van der Waals surface area (Å²) in [5.74, 6) is -0.423. The summed E-state index contributed by atoms with van der Waals surface area (Å²) in [5.41, 5.74) is 11.2. The minimum absolute atomic E-state index is 0.0521. The number of carbonyl (C=O) groups excluding carboxylic acids is 1. The van der Waals surface area contributed by atoms with Crippen molar-refractivity contribution < 1.29 is 37.3 Å². The highest BCUT2D eigenvalue weighted by Crippen LogP contribution is 2.42. The number of aryl methyl sites for hydroxylation is 1. The van der Waals surface area contributed by atoms with Crippen LogP contribution < -0.4 is 25.3 Å². The van der Waals surface area contributed by atoms with Gasteiger partial charge in [-0.25, -0.2) is 18.2 Å². The molecule has 13 nitrogen and oxygen atoms in total. The number of hydrogen-bond acceptors (Lipinski definition) is 11. The number of nitrogens with two attached hydrogens (primary N) is 1. The Morgan fingerprint density at radius 1 is 1.05 bits per heavy atom.